The lowest BCUT2D eigenvalue weighted by molar-refractivity contribution is -0.136. The van der Waals surface area contributed by atoms with Gasteiger partial charge in [-0.25, -0.2) is 9.78 Å². The Kier molecular flexibility index (Phi) is 5.49. The zero-order valence-electron chi connectivity index (χ0n) is 17.6. The number of rotatable bonds is 6. The Morgan fingerprint density at radius 2 is 2.00 bits per heavy atom. The van der Waals surface area contributed by atoms with Crippen LogP contribution in [0.2, 0.25) is 0 Å². The molecule has 8 heteroatoms. The Morgan fingerprint density at radius 3 is 2.77 bits per heavy atom. The summed E-state index contributed by atoms with van der Waals surface area (Å²) in [5, 5.41) is 5.68. The molecule has 1 saturated carbocycles. The highest BCUT2D eigenvalue weighted by Gasteiger charge is 2.52. The first kappa shape index (κ1) is 20.4. The first-order valence-corrected chi connectivity index (χ1v) is 10.7. The first-order chi connectivity index (χ1) is 14.4. The molecule has 1 aromatic heterocycles. The molecule has 0 atom stereocenters. The topological polar surface area (TPSA) is 96.3 Å². The van der Waals surface area contributed by atoms with Gasteiger partial charge in [0.05, 0.1) is 11.0 Å². The average molecular weight is 412 g/mol. The number of amides is 4. The summed E-state index contributed by atoms with van der Waals surface area (Å²) < 4.78 is 2.13. The lowest BCUT2D eigenvalue weighted by Gasteiger charge is -2.33. The molecule has 2 aromatic rings. The number of imide groups is 1. The summed E-state index contributed by atoms with van der Waals surface area (Å²) in [5.41, 5.74) is 1.24. The highest BCUT2D eigenvalue weighted by molar-refractivity contribution is 6.09. The molecule has 4 rings (SSSR count). The van der Waals surface area contributed by atoms with E-state index in [0.717, 1.165) is 47.6 Å². The van der Waals surface area contributed by atoms with Crippen molar-refractivity contribution in [1.82, 2.24) is 25.1 Å². The molecule has 4 amide bonds. The maximum Gasteiger partial charge on any atom is 0.325 e. The van der Waals surface area contributed by atoms with Crippen LogP contribution in [0.4, 0.5) is 4.79 Å². The zero-order valence-corrected chi connectivity index (χ0v) is 17.6. The van der Waals surface area contributed by atoms with Crippen molar-refractivity contribution in [3.05, 3.63) is 30.1 Å². The summed E-state index contributed by atoms with van der Waals surface area (Å²) in [5.74, 6) is 0.935. The molecule has 0 radical (unpaired) electrons. The van der Waals surface area contributed by atoms with Gasteiger partial charge in [-0.15, -0.1) is 0 Å². The Morgan fingerprint density at radius 1 is 1.27 bits per heavy atom. The van der Waals surface area contributed by atoms with Gasteiger partial charge in [0, 0.05) is 13.1 Å². The predicted octanol–water partition coefficient (Wildman–Crippen LogP) is 2.35. The van der Waals surface area contributed by atoms with Crippen molar-refractivity contribution in [2.24, 2.45) is 5.92 Å². The minimum absolute atomic E-state index is 0.227. The van der Waals surface area contributed by atoms with Crippen LogP contribution in [0.5, 0.6) is 0 Å². The van der Waals surface area contributed by atoms with E-state index in [1.165, 1.54) is 0 Å². The van der Waals surface area contributed by atoms with Crippen LogP contribution in [0.1, 0.15) is 44.9 Å². The van der Waals surface area contributed by atoms with Crippen molar-refractivity contribution >= 4 is 28.9 Å². The van der Waals surface area contributed by atoms with E-state index >= 15 is 0 Å². The summed E-state index contributed by atoms with van der Waals surface area (Å²) in [6.07, 6.45) is 3.85. The van der Waals surface area contributed by atoms with Gasteiger partial charge < -0.3 is 15.2 Å². The zero-order chi connectivity index (χ0) is 21.3. The molecule has 1 saturated heterocycles. The molecule has 8 nitrogen and oxygen atoms in total. The third-order valence-electron chi connectivity index (χ3n) is 6.40. The minimum Gasteiger partial charge on any atom is -0.354 e. The largest absolute Gasteiger partial charge is 0.354 e. The molecule has 30 heavy (non-hydrogen) atoms. The molecule has 1 aliphatic heterocycles. The fourth-order valence-corrected chi connectivity index (χ4v) is 4.56. The number of carbonyl (C=O) groups is 3. The number of urea groups is 1. The molecule has 0 bridgehead atoms. The monoisotopic (exact) mass is 411 g/mol. The number of carbonyl (C=O) groups excluding carboxylic acids is 3. The van der Waals surface area contributed by atoms with Crippen LogP contribution in [0.3, 0.4) is 0 Å². The summed E-state index contributed by atoms with van der Waals surface area (Å²) in [6.45, 7) is 5.11. The van der Waals surface area contributed by atoms with Crippen LogP contribution in [0.15, 0.2) is 24.3 Å². The van der Waals surface area contributed by atoms with Crippen LogP contribution in [0.25, 0.3) is 11.0 Å². The Bertz CT molecular complexity index is 974. The molecule has 2 aliphatic rings. The van der Waals surface area contributed by atoms with Crippen LogP contribution in [0, 0.1) is 12.8 Å². The maximum atomic E-state index is 12.8. The lowest BCUT2D eigenvalue weighted by Crippen LogP contribution is -2.49. The van der Waals surface area contributed by atoms with Gasteiger partial charge in [-0.2, -0.15) is 0 Å². The molecular weight excluding hydrogens is 382 g/mol. The van der Waals surface area contributed by atoms with Gasteiger partial charge in [0.25, 0.3) is 5.91 Å². The van der Waals surface area contributed by atoms with E-state index in [0.29, 0.717) is 25.3 Å². The van der Waals surface area contributed by atoms with Crippen molar-refractivity contribution in [1.29, 1.82) is 0 Å². The molecule has 1 aliphatic carbocycles. The summed E-state index contributed by atoms with van der Waals surface area (Å²) in [4.78, 5) is 43.1. The third kappa shape index (κ3) is 3.78. The minimum atomic E-state index is -0.802. The van der Waals surface area contributed by atoms with Crippen molar-refractivity contribution in [2.45, 2.75) is 58.0 Å². The Hall–Kier alpha value is -2.90. The van der Waals surface area contributed by atoms with E-state index in [1.807, 2.05) is 31.2 Å². The second-order valence-electron chi connectivity index (χ2n) is 8.59. The van der Waals surface area contributed by atoms with Crippen molar-refractivity contribution in [3.63, 3.8) is 0 Å². The normalized spacial score (nSPS) is 23.9. The number of nitrogens with zero attached hydrogens (tertiary/aromatic N) is 3. The summed E-state index contributed by atoms with van der Waals surface area (Å²) in [6, 6.07) is 7.52. The van der Waals surface area contributed by atoms with Crippen LogP contribution < -0.4 is 10.6 Å². The van der Waals surface area contributed by atoms with Gasteiger partial charge in [0.15, 0.2) is 0 Å². The highest BCUT2D eigenvalue weighted by atomic mass is 16.2. The first-order valence-electron chi connectivity index (χ1n) is 10.7. The SMILES string of the molecule is Cc1nc2ccccc2n1CCCNC(=O)CN1C(=O)NC2(CCC(C)CC2)C1=O. The second kappa shape index (κ2) is 8.08. The second-order valence-corrected chi connectivity index (χ2v) is 8.59. The number of fused-ring (bicyclic) bond motifs is 1. The van der Waals surface area contributed by atoms with Gasteiger partial charge in [-0.05, 0) is 57.1 Å². The van der Waals surface area contributed by atoms with Crippen LogP contribution in [-0.4, -0.2) is 50.9 Å². The molecule has 1 spiro atoms. The van der Waals surface area contributed by atoms with Crippen LogP contribution >= 0.6 is 0 Å². The molecule has 0 unspecified atom stereocenters. The van der Waals surface area contributed by atoms with Crippen molar-refractivity contribution in [3.8, 4) is 0 Å². The number of aromatic nitrogens is 2. The number of hydrogen-bond donors (Lipinski definition) is 2. The van der Waals surface area contributed by atoms with E-state index in [1.54, 1.807) is 0 Å². The van der Waals surface area contributed by atoms with Gasteiger partial charge in [0.2, 0.25) is 5.91 Å². The average Bonchev–Trinajstić information content (AvgIpc) is 3.16. The van der Waals surface area contributed by atoms with Crippen molar-refractivity contribution < 1.29 is 14.4 Å². The Balaban J connectivity index is 1.27. The van der Waals surface area contributed by atoms with E-state index in [9.17, 15) is 14.4 Å². The van der Waals surface area contributed by atoms with E-state index in [4.69, 9.17) is 0 Å². The van der Waals surface area contributed by atoms with Crippen molar-refractivity contribution in [2.75, 3.05) is 13.1 Å². The van der Waals surface area contributed by atoms with Gasteiger partial charge in [0.1, 0.15) is 17.9 Å². The molecule has 160 valence electrons. The molecule has 2 fully saturated rings. The predicted molar refractivity (Wildman–Crippen MR) is 113 cm³/mol. The quantitative estimate of drug-likeness (QED) is 0.563. The fourth-order valence-electron chi connectivity index (χ4n) is 4.56. The van der Waals surface area contributed by atoms with Gasteiger partial charge in [-0.3, -0.25) is 14.5 Å². The maximum absolute atomic E-state index is 12.8. The lowest BCUT2D eigenvalue weighted by atomic mass is 9.77. The van der Waals surface area contributed by atoms with Gasteiger partial charge >= 0.3 is 6.03 Å². The third-order valence-corrected chi connectivity index (χ3v) is 6.40. The van der Waals surface area contributed by atoms with Gasteiger partial charge in [-0.1, -0.05) is 19.1 Å². The standard InChI is InChI=1S/C22H29N5O3/c1-15-8-10-22(11-9-15)20(29)27(21(30)25-22)14-19(28)23-12-5-13-26-16(2)24-17-6-3-4-7-18(17)26/h3-4,6-7,15H,5,8-14H2,1-2H3,(H,23,28)(H,25,30). The molecule has 2 heterocycles. The number of nitrogens with one attached hydrogen (secondary N) is 2. The highest BCUT2D eigenvalue weighted by Crippen LogP contribution is 2.36. The smallest absolute Gasteiger partial charge is 0.325 e. The number of benzene rings is 1. The van der Waals surface area contributed by atoms with Crippen LogP contribution in [-0.2, 0) is 16.1 Å². The van der Waals surface area contributed by atoms with E-state index < -0.39 is 11.6 Å². The summed E-state index contributed by atoms with van der Waals surface area (Å²) in [7, 11) is 0. The summed E-state index contributed by atoms with van der Waals surface area (Å²) >= 11 is 0. The number of para-hydroxylation sites is 2. The number of imidazole rings is 1. The van der Waals surface area contributed by atoms with E-state index in [2.05, 4.69) is 27.1 Å². The molecule has 2 N–H and O–H groups in total. The Labute approximate surface area is 176 Å². The molecular formula is C22H29N5O3. The van der Waals surface area contributed by atoms with E-state index in [-0.39, 0.29) is 18.4 Å². The number of aryl methyl sites for hydroxylation is 2. The fraction of sp³-hybridized carbons (Fsp3) is 0.545. The number of hydrogen-bond acceptors (Lipinski definition) is 4. The molecule has 1 aromatic carbocycles.